The molecule has 0 aromatic heterocycles. The van der Waals surface area contributed by atoms with Crippen LogP contribution in [0.15, 0.2) is 0 Å². The van der Waals surface area contributed by atoms with E-state index in [0.29, 0.717) is 10.0 Å². The average Bonchev–Trinajstić information content (AvgIpc) is 1.83. The highest BCUT2D eigenvalue weighted by Crippen LogP contribution is 2.08. The maximum atomic E-state index is 5.44. The Morgan fingerprint density at radius 3 is 2.33 bits per heavy atom. The molecule has 0 radical (unpaired) electrons. The summed E-state index contributed by atoms with van der Waals surface area (Å²) in [5.74, 6) is 0.661. The number of ether oxygens (including phenoxy) is 1. The van der Waals surface area contributed by atoms with Crippen molar-refractivity contribution in [3.8, 4) is 0 Å². The molecule has 0 aliphatic rings. The number of hydrogen-bond acceptors (Lipinski definition) is 1. The second-order valence-electron chi connectivity index (χ2n) is 2.55. The lowest BCUT2D eigenvalue weighted by molar-refractivity contribution is 0.0979. The number of halogens is 1. The molecular weight excluding hydrogens is 227 g/mol. The van der Waals surface area contributed by atoms with Crippen LogP contribution in [-0.2, 0) is 4.74 Å². The van der Waals surface area contributed by atoms with Gasteiger partial charge in [0.1, 0.15) is 4.11 Å². The molecule has 1 nitrogen and oxygen atoms in total. The Morgan fingerprint density at radius 1 is 1.44 bits per heavy atom. The molecule has 0 aliphatic carbocycles. The highest BCUT2D eigenvalue weighted by Gasteiger charge is 2.00. The van der Waals surface area contributed by atoms with Crippen molar-refractivity contribution in [2.75, 3.05) is 6.61 Å². The zero-order chi connectivity index (χ0) is 7.28. The van der Waals surface area contributed by atoms with Crippen LogP contribution in [0.3, 0.4) is 0 Å². The Morgan fingerprint density at radius 2 is 2.00 bits per heavy atom. The summed E-state index contributed by atoms with van der Waals surface area (Å²) in [6.07, 6.45) is 1.10. The molecule has 0 rings (SSSR count). The number of alkyl halides is 1. The van der Waals surface area contributed by atoms with Gasteiger partial charge in [-0.1, -0.05) is 43.4 Å². The second-order valence-corrected chi connectivity index (χ2v) is 3.93. The number of rotatable bonds is 4. The molecule has 0 aromatic rings. The molecular formula is C7H15IO. The van der Waals surface area contributed by atoms with E-state index >= 15 is 0 Å². The van der Waals surface area contributed by atoms with Gasteiger partial charge in [0.05, 0.1) is 6.61 Å². The summed E-state index contributed by atoms with van der Waals surface area (Å²) in [5, 5.41) is 0. The molecule has 9 heavy (non-hydrogen) atoms. The summed E-state index contributed by atoms with van der Waals surface area (Å²) in [4.78, 5) is 0. The lowest BCUT2D eigenvalue weighted by Crippen LogP contribution is -2.08. The van der Waals surface area contributed by atoms with E-state index in [9.17, 15) is 0 Å². The molecule has 0 heterocycles. The van der Waals surface area contributed by atoms with Crippen molar-refractivity contribution >= 4 is 22.6 Å². The third-order valence-corrected chi connectivity index (χ3v) is 2.17. The van der Waals surface area contributed by atoms with Crippen LogP contribution in [0, 0.1) is 5.92 Å². The van der Waals surface area contributed by atoms with Crippen LogP contribution in [-0.4, -0.2) is 10.7 Å². The van der Waals surface area contributed by atoms with E-state index in [1.54, 1.807) is 0 Å². The normalized spacial score (nSPS) is 14.3. The van der Waals surface area contributed by atoms with Crippen molar-refractivity contribution in [2.45, 2.75) is 31.3 Å². The monoisotopic (exact) mass is 242 g/mol. The first-order valence-corrected chi connectivity index (χ1v) is 4.67. The van der Waals surface area contributed by atoms with Crippen LogP contribution >= 0.6 is 22.6 Å². The van der Waals surface area contributed by atoms with E-state index in [0.717, 1.165) is 13.0 Å². The van der Waals surface area contributed by atoms with Crippen LogP contribution in [0.25, 0.3) is 0 Å². The maximum Gasteiger partial charge on any atom is 0.108 e. The summed E-state index contributed by atoms with van der Waals surface area (Å²) in [6.45, 7) is 7.36. The Kier molecular flexibility index (Phi) is 5.89. The fourth-order valence-corrected chi connectivity index (χ4v) is 0.622. The van der Waals surface area contributed by atoms with Crippen LogP contribution in [0.1, 0.15) is 27.2 Å². The predicted molar refractivity (Wildman–Crippen MR) is 48.9 cm³/mol. The van der Waals surface area contributed by atoms with Gasteiger partial charge in [0.15, 0.2) is 0 Å². The van der Waals surface area contributed by atoms with E-state index in [2.05, 4.69) is 43.4 Å². The van der Waals surface area contributed by atoms with Crippen LogP contribution in [0.2, 0.25) is 0 Å². The predicted octanol–water partition coefficient (Wildman–Crippen LogP) is 2.83. The minimum atomic E-state index is 0.407. The molecule has 0 fully saturated rings. The minimum absolute atomic E-state index is 0.407. The molecule has 56 valence electrons. The van der Waals surface area contributed by atoms with Gasteiger partial charge < -0.3 is 4.74 Å². The summed E-state index contributed by atoms with van der Waals surface area (Å²) < 4.78 is 5.85. The Balaban J connectivity index is 3.06. The third kappa shape index (κ3) is 6.58. The zero-order valence-electron chi connectivity index (χ0n) is 6.36. The lowest BCUT2D eigenvalue weighted by Gasteiger charge is -2.10. The Labute approximate surface area is 71.3 Å². The summed E-state index contributed by atoms with van der Waals surface area (Å²) in [5.41, 5.74) is 0. The van der Waals surface area contributed by atoms with Crippen molar-refractivity contribution in [3.05, 3.63) is 0 Å². The van der Waals surface area contributed by atoms with E-state index in [1.807, 2.05) is 0 Å². The molecule has 0 saturated carbocycles. The molecule has 0 saturated heterocycles. The van der Waals surface area contributed by atoms with Gasteiger partial charge in [-0.3, -0.25) is 0 Å². The van der Waals surface area contributed by atoms with Gasteiger partial charge in [-0.2, -0.15) is 0 Å². The molecule has 2 heteroatoms. The second kappa shape index (κ2) is 5.47. The first-order chi connectivity index (χ1) is 4.16. The molecule has 1 atom stereocenters. The molecule has 0 amide bonds. The van der Waals surface area contributed by atoms with Crippen LogP contribution < -0.4 is 0 Å². The molecule has 0 N–H and O–H groups in total. The van der Waals surface area contributed by atoms with Crippen molar-refractivity contribution in [1.82, 2.24) is 0 Å². The fourth-order valence-electron chi connectivity index (χ4n) is 0.415. The van der Waals surface area contributed by atoms with E-state index in [1.165, 1.54) is 0 Å². The maximum absolute atomic E-state index is 5.44. The van der Waals surface area contributed by atoms with Crippen molar-refractivity contribution in [1.29, 1.82) is 0 Å². The quantitative estimate of drug-likeness (QED) is 0.544. The van der Waals surface area contributed by atoms with E-state index in [4.69, 9.17) is 4.74 Å². The van der Waals surface area contributed by atoms with Gasteiger partial charge in [-0.05, 0) is 12.3 Å². The van der Waals surface area contributed by atoms with Gasteiger partial charge in [0.25, 0.3) is 0 Å². The first kappa shape index (κ1) is 9.69. The van der Waals surface area contributed by atoms with Crippen LogP contribution in [0.4, 0.5) is 0 Å². The van der Waals surface area contributed by atoms with Gasteiger partial charge in [0.2, 0.25) is 0 Å². The summed E-state index contributed by atoms with van der Waals surface area (Å²) >= 11 is 2.32. The van der Waals surface area contributed by atoms with E-state index in [-0.39, 0.29) is 0 Å². The number of hydrogen-bond donors (Lipinski definition) is 0. The van der Waals surface area contributed by atoms with Crippen molar-refractivity contribution in [2.24, 2.45) is 5.92 Å². The SMILES string of the molecule is CCC(I)OCC(C)C. The Hall–Kier alpha value is 0.690. The summed E-state index contributed by atoms with van der Waals surface area (Å²) in [6, 6.07) is 0. The largest absolute Gasteiger partial charge is 0.368 e. The van der Waals surface area contributed by atoms with Crippen LogP contribution in [0.5, 0.6) is 0 Å². The van der Waals surface area contributed by atoms with Gasteiger partial charge in [0, 0.05) is 0 Å². The molecule has 1 unspecified atom stereocenters. The standard InChI is InChI=1S/C7H15IO/c1-4-7(8)9-5-6(2)3/h6-7H,4-5H2,1-3H3. The smallest absolute Gasteiger partial charge is 0.108 e. The molecule has 0 aromatic carbocycles. The molecule has 0 bridgehead atoms. The molecule has 0 aliphatic heterocycles. The highest BCUT2D eigenvalue weighted by atomic mass is 127. The average molecular weight is 242 g/mol. The van der Waals surface area contributed by atoms with Gasteiger partial charge in [-0.15, -0.1) is 0 Å². The topological polar surface area (TPSA) is 9.23 Å². The van der Waals surface area contributed by atoms with Gasteiger partial charge >= 0.3 is 0 Å². The Bertz CT molecular complexity index is 63.9. The third-order valence-electron chi connectivity index (χ3n) is 0.931. The zero-order valence-corrected chi connectivity index (χ0v) is 8.51. The summed E-state index contributed by atoms with van der Waals surface area (Å²) in [7, 11) is 0. The van der Waals surface area contributed by atoms with E-state index < -0.39 is 0 Å². The lowest BCUT2D eigenvalue weighted by atomic mass is 10.2. The van der Waals surface area contributed by atoms with Crippen molar-refractivity contribution in [3.63, 3.8) is 0 Å². The molecule has 0 spiro atoms. The minimum Gasteiger partial charge on any atom is -0.368 e. The highest BCUT2D eigenvalue weighted by molar-refractivity contribution is 14.1. The fraction of sp³-hybridized carbons (Fsp3) is 1.00. The van der Waals surface area contributed by atoms with Gasteiger partial charge in [-0.25, -0.2) is 0 Å². The first-order valence-electron chi connectivity index (χ1n) is 3.42. The van der Waals surface area contributed by atoms with Crippen molar-refractivity contribution < 1.29 is 4.74 Å².